The third-order valence-corrected chi connectivity index (χ3v) is 6.68. The summed E-state index contributed by atoms with van der Waals surface area (Å²) in [6, 6.07) is 23.3. The average Bonchev–Trinajstić information content (AvgIpc) is 3.36. The predicted octanol–water partition coefficient (Wildman–Crippen LogP) is 6.39. The normalized spacial score (nSPS) is 16.8. The molecule has 1 aromatic heterocycles. The summed E-state index contributed by atoms with van der Waals surface area (Å²) in [6.45, 7) is 0.586. The number of aromatic nitrogens is 2. The molecule has 0 spiro atoms. The summed E-state index contributed by atoms with van der Waals surface area (Å²) in [5, 5.41) is 7.22. The van der Waals surface area contributed by atoms with Gasteiger partial charge in [0.1, 0.15) is 17.1 Å². The van der Waals surface area contributed by atoms with Crippen LogP contribution in [0, 0.1) is 0 Å². The molecule has 1 N–H and O–H groups in total. The van der Waals surface area contributed by atoms with Crippen LogP contribution in [0.5, 0.6) is 5.75 Å². The lowest BCUT2D eigenvalue weighted by Crippen LogP contribution is -2.37. The van der Waals surface area contributed by atoms with Crippen LogP contribution >= 0.6 is 0 Å². The molecule has 0 unspecified atom stereocenters. The van der Waals surface area contributed by atoms with E-state index in [0.717, 1.165) is 15.8 Å². The molecule has 3 aromatic carbocycles. The van der Waals surface area contributed by atoms with E-state index in [9.17, 15) is 18.0 Å². The second-order valence-corrected chi connectivity index (χ2v) is 9.25. The van der Waals surface area contributed by atoms with Crippen LogP contribution < -0.4 is 10.1 Å². The van der Waals surface area contributed by atoms with Crippen LogP contribution in [0.3, 0.4) is 0 Å². The third kappa shape index (κ3) is 5.37. The number of hydrogen-bond donors (Lipinski definition) is 1. The van der Waals surface area contributed by atoms with Crippen LogP contribution in [0.25, 0.3) is 0 Å². The van der Waals surface area contributed by atoms with Gasteiger partial charge in [-0.3, -0.25) is 4.79 Å². The van der Waals surface area contributed by atoms with E-state index < -0.39 is 24.2 Å². The molecule has 5 rings (SSSR count). The highest BCUT2D eigenvalue weighted by atomic mass is 19.4. The molecule has 38 heavy (non-hydrogen) atoms. The van der Waals surface area contributed by atoms with Crippen molar-refractivity contribution < 1.29 is 22.7 Å². The van der Waals surface area contributed by atoms with Crippen molar-refractivity contribution >= 4 is 11.7 Å². The Bertz CT molecular complexity index is 1350. The lowest BCUT2D eigenvalue weighted by molar-refractivity contribution is -0.173. The first-order valence-electron chi connectivity index (χ1n) is 12.3. The van der Waals surface area contributed by atoms with Gasteiger partial charge in [0.15, 0.2) is 6.04 Å². The molecular weight excluding hydrogens is 493 g/mol. The highest BCUT2D eigenvalue weighted by molar-refractivity contribution is 5.99. The highest BCUT2D eigenvalue weighted by Crippen LogP contribution is 2.45. The summed E-state index contributed by atoms with van der Waals surface area (Å²) in [5.74, 6) is 0.196. The van der Waals surface area contributed by atoms with Gasteiger partial charge in [0.05, 0.1) is 19.3 Å². The van der Waals surface area contributed by atoms with Gasteiger partial charge in [-0.15, -0.1) is 0 Å². The third-order valence-electron chi connectivity index (χ3n) is 6.68. The Morgan fingerprint density at radius 2 is 1.63 bits per heavy atom. The monoisotopic (exact) mass is 520 g/mol. The molecule has 0 radical (unpaired) electrons. The van der Waals surface area contributed by atoms with Gasteiger partial charge in [0, 0.05) is 19.5 Å². The lowest BCUT2D eigenvalue weighted by Gasteiger charge is -2.34. The number of nitrogens with zero attached hydrogens (tertiary/aromatic N) is 3. The molecule has 0 bridgehead atoms. The minimum Gasteiger partial charge on any atom is -0.497 e. The van der Waals surface area contributed by atoms with Crippen molar-refractivity contribution in [1.82, 2.24) is 14.7 Å². The SMILES string of the molecule is COc1cccc([C@@H]2C[C@@H](C(F)(F)F)n3ncc(C(=O)N(Cc4ccccc4)Cc4ccccc4)c3N2)c1. The molecule has 1 aliphatic rings. The number of hydrogen-bond acceptors (Lipinski definition) is 4. The predicted molar refractivity (Wildman–Crippen MR) is 138 cm³/mol. The summed E-state index contributed by atoms with van der Waals surface area (Å²) < 4.78 is 48.7. The number of amides is 1. The number of nitrogens with one attached hydrogen (secondary N) is 1. The smallest absolute Gasteiger partial charge is 0.410 e. The first-order valence-corrected chi connectivity index (χ1v) is 12.3. The van der Waals surface area contributed by atoms with Gasteiger partial charge in [0.25, 0.3) is 5.91 Å². The second-order valence-electron chi connectivity index (χ2n) is 9.25. The largest absolute Gasteiger partial charge is 0.497 e. The molecule has 1 aliphatic heterocycles. The Kier molecular flexibility index (Phi) is 7.09. The van der Waals surface area contributed by atoms with Crippen molar-refractivity contribution in [2.75, 3.05) is 12.4 Å². The van der Waals surface area contributed by atoms with Crippen molar-refractivity contribution in [3.05, 3.63) is 113 Å². The fourth-order valence-electron chi connectivity index (χ4n) is 4.77. The van der Waals surface area contributed by atoms with Crippen molar-refractivity contribution in [3.63, 3.8) is 0 Å². The van der Waals surface area contributed by atoms with Crippen LogP contribution in [0.1, 0.15) is 45.6 Å². The molecule has 0 fully saturated rings. The number of benzene rings is 3. The Balaban J connectivity index is 1.52. The Morgan fingerprint density at radius 3 is 2.21 bits per heavy atom. The van der Waals surface area contributed by atoms with E-state index >= 15 is 0 Å². The van der Waals surface area contributed by atoms with Crippen molar-refractivity contribution in [2.45, 2.75) is 37.8 Å². The van der Waals surface area contributed by atoms with Crippen LogP contribution in [0.2, 0.25) is 0 Å². The number of halogens is 3. The zero-order valence-electron chi connectivity index (χ0n) is 20.7. The maximum Gasteiger partial charge on any atom is 0.410 e. The molecule has 6 nitrogen and oxygen atoms in total. The summed E-state index contributed by atoms with van der Waals surface area (Å²) >= 11 is 0. The molecule has 9 heteroatoms. The molecule has 0 saturated heterocycles. The Morgan fingerprint density at radius 1 is 1.00 bits per heavy atom. The van der Waals surface area contributed by atoms with Gasteiger partial charge in [0.2, 0.25) is 0 Å². The van der Waals surface area contributed by atoms with E-state index in [2.05, 4.69) is 10.4 Å². The van der Waals surface area contributed by atoms with E-state index in [1.807, 2.05) is 60.7 Å². The summed E-state index contributed by atoms with van der Waals surface area (Å²) in [6.07, 6.45) is -3.58. The molecular formula is C29H27F3N4O2. The Hall–Kier alpha value is -4.27. The molecule has 0 saturated carbocycles. The quantitative estimate of drug-likeness (QED) is 0.307. The number of methoxy groups -OCH3 is 1. The van der Waals surface area contributed by atoms with Crippen LogP contribution in [-0.4, -0.2) is 33.9 Å². The molecule has 2 atom stereocenters. The van der Waals surface area contributed by atoms with Crippen LogP contribution in [-0.2, 0) is 13.1 Å². The fraction of sp³-hybridized carbons (Fsp3) is 0.241. The highest BCUT2D eigenvalue weighted by Gasteiger charge is 2.47. The first-order chi connectivity index (χ1) is 18.3. The van der Waals surface area contributed by atoms with Crippen molar-refractivity contribution in [1.29, 1.82) is 0 Å². The number of carbonyl (C=O) groups is 1. The molecule has 0 aliphatic carbocycles. The fourth-order valence-corrected chi connectivity index (χ4v) is 4.77. The molecule has 4 aromatic rings. The zero-order valence-corrected chi connectivity index (χ0v) is 20.7. The Labute approximate surface area is 218 Å². The number of ether oxygens (including phenoxy) is 1. The minimum atomic E-state index is -4.55. The van der Waals surface area contributed by atoms with Gasteiger partial charge in [-0.05, 0) is 28.8 Å². The number of alkyl halides is 3. The number of rotatable bonds is 7. The minimum absolute atomic E-state index is 0.0579. The molecule has 1 amide bonds. The van der Waals surface area contributed by atoms with Gasteiger partial charge in [-0.2, -0.15) is 18.3 Å². The average molecular weight is 521 g/mol. The number of carbonyl (C=O) groups excluding carboxylic acids is 1. The van der Waals surface area contributed by atoms with E-state index in [-0.39, 0.29) is 17.8 Å². The second kappa shape index (κ2) is 10.6. The topological polar surface area (TPSA) is 59.4 Å². The number of fused-ring (bicyclic) bond motifs is 1. The van der Waals surface area contributed by atoms with Gasteiger partial charge in [-0.25, -0.2) is 4.68 Å². The first kappa shape index (κ1) is 25.4. The summed E-state index contributed by atoms with van der Waals surface area (Å²) in [7, 11) is 1.51. The summed E-state index contributed by atoms with van der Waals surface area (Å²) in [4.78, 5) is 15.5. The van der Waals surface area contributed by atoms with Gasteiger partial charge in [-0.1, -0.05) is 72.8 Å². The zero-order chi connectivity index (χ0) is 26.7. The van der Waals surface area contributed by atoms with E-state index in [1.165, 1.54) is 13.3 Å². The maximum absolute atomic E-state index is 14.2. The lowest BCUT2D eigenvalue weighted by atomic mass is 9.96. The summed E-state index contributed by atoms with van der Waals surface area (Å²) in [5.41, 5.74) is 2.55. The molecule has 196 valence electrons. The van der Waals surface area contributed by atoms with Crippen LogP contribution in [0.4, 0.5) is 19.0 Å². The van der Waals surface area contributed by atoms with E-state index in [1.54, 1.807) is 29.2 Å². The molecule has 2 heterocycles. The maximum atomic E-state index is 14.2. The van der Waals surface area contributed by atoms with E-state index in [0.29, 0.717) is 24.4 Å². The standard InChI is InChI=1S/C29H27F3N4O2/c1-38-23-14-8-13-22(15-23)25-16-26(29(30,31)32)36-27(34-25)24(17-33-36)28(37)35(18-20-9-4-2-5-10-20)19-21-11-6-3-7-12-21/h2-15,17,25-26,34H,16,18-19H2,1H3/t25-,26-/m0/s1. The van der Waals surface area contributed by atoms with E-state index in [4.69, 9.17) is 4.74 Å². The van der Waals surface area contributed by atoms with Crippen molar-refractivity contribution in [2.24, 2.45) is 0 Å². The number of anilines is 1. The van der Waals surface area contributed by atoms with Crippen LogP contribution in [0.15, 0.2) is 91.1 Å². The van der Waals surface area contributed by atoms with Crippen molar-refractivity contribution in [3.8, 4) is 5.75 Å². The van der Waals surface area contributed by atoms with Gasteiger partial charge < -0.3 is 15.0 Å². The van der Waals surface area contributed by atoms with Gasteiger partial charge >= 0.3 is 6.18 Å².